The first-order valence-electron chi connectivity index (χ1n) is 11.5. The van der Waals surface area contributed by atoms with Gasteiger partial charge in [-0.2, -0.15) is 15.0 Å². The lowest BCUT2D eigenvalue weighted by Crippen LogP contribution is -2.48. The Balaban J connectivity index is 1.49. The number of morpholine rings is 1. The van der Waals surface area contributed by atoms with E-state index < -0.39 is 0 Å². The summed E-state index contributed by atoms with van der Waals surface area (Å²) in [7, 11) is 0. The molecule has 3 fully saturated rings. The second-order valence-electron chi connectivity index (χ2n) is 9.10. The zero-order chi connectivity index (χ0) is 21.0. The first kappa shape index (κ1) is 21.5. The molecule has 2 heterocycles. The van der Waals surface area contributed by atoms with Gasteiger partial charge in [0.15, 0.2) is 0 Å². The maximum Gasteiger partial charge on any atom is 0.232 e. The number of aliphatic hydroxyl groups excluding tert-OH is 1. The number of hydrogen-bond acceptors (Lipinski definition) is 9. The average Bonchev–Trinajstić information content (AvgIpc) is 2.70. The molecule has 0 amide bonds. The van der Waals surface area contributed by atoms with Gasteiger partial charge in [0, 0.05) is 25.7 Å². The predicted molar refractivity (Wildman–Crippen MR) is 116 cm³/mol. The molecule has 9 nitrogen and oxygen atoms in total. The highest BCUT2D eigenvalue weighted by atomic mass is 16.5. The molecular weight excluding hydrogens is 384 g/mol. The van der Waals surface area contributed by atoms with E-state index in [0.29, 0.717) is 37.6 Å². The van der Waals surface area contributed by atoms with Crippen LogP contribution < -0.4 is 15.5 Å². The third-order valence-electron chi connectivity index (χ3n) is 6.22. The van der Waals surface area contributed by atoms with E-state index in [-0.39, 0.29) is 23.9 Å². The van der Waals surface area contributed by atoms with E-state index >= 15 is 0 Å². The number of nitrogens with zero attached hydrogens (tertiary/aromatic N) is 4. The molecule has 0 aromatic carbocycles. The summed E-state index contributed by atoms with van der Waals surface area (Å²) >= 11 is 0. The highest BCUT2D eigenvalue weighted by molar-refractivity contribution is 5.44. The number of hydrogen-bond donors (Lipinski definition) is 3. The molecule has 2 atom stereocenters. The van der Waals surface area contributed by atoms with E-state index in [4.69, 9.17) is 14.5 Å². The van der Waals surface area contributed by atoms with Gasteiger partial charge in [0.25, 0.3) is 0 Å². The SMILES string of the molecule is CC(C)OC1(CNc2nc(N[C@@H]3CCC[C@H](O)C3)nc(N3CCOCC3)n2)CCC1. The summed E-state index contributed by atoms with van der Waals surface area (Å²) in [5.74, 6) is 1.81. The molecule has 9 heteroatoms. The van der Waals surface area contributed by atoms with Crippen molar-refractivity contribution in [3.63, 3.8) is 0 Å². The topological polar surface area (TPSA) is 105 Å². The van der Waals surface area contributed by atoms with Crippen LogP contribution in [-0.2, 0) is 9.47 Å². The van der Waals surface area contributed by atoms with Crippen LogP contribution in [-0.4, -0.2) is 76.8 Å². The van der Waals surface area contributed by atoms with Gasteiger partial charge in [-0.15, -0.1) is 0 Å². The molecule has 2 saturated carbocycles. The van der Waals surface area contributed by atoms with Crippen LogP contribution in [0.5, 0.6) is 0 Å². The molecule has 30 heavy (non-hydrogen) atoms. The van der Waals surface area contributed by atoms with Crippen molar-refractivity contribution < 1.29 is 14.6 Å². The molecule has 4 rings (SSSR count). The summed E-state index contributed by atoms with van der Waals surface area (Å²) in [6.45, 7) is 7.76. The highest BCUT2D eigenvalue weighted by Gasteiger charge is 2.39. The lowest BCUT2D eigenvalue weighted by Gasteiger charge is -2.43. The lowest BCUT2D eigenvalue weighted by atomic mass is 9.79. The monoisotopic (exact) mass is 420 g/mol. The van der Waals surface area contributed by atoms with Crippen molar-refractivity contribution in [2.24, 2.45) is 0 Å². The zero-order valence-electron chi connectivity index (χ0n) is 18.3. The van der Waals surface area contributed by atoms with Gasteiger partial charge in [-0.1, -0.05) is 0 Å². The lowest BCUT2D eigenvalue weighted by molar-refractivity contribution is -0.118. The number of rotatable bonds is 8. The zero-order valence-corrected chi connectivity index (χ0v) is 18.3. The van der Waals surface area contributed by atoms with Gasteiger partial charge in [0.1, 0.15) is 0 Å². The van der Waals surface area contributed by atoms with Crippen LogP contribution in [0.1, 0.15) is 58.8 Å². The summed E-state index contributed by atoms with van der Waals surface area (Å²) in [6, 6.07) is 0.184. The van der Waals surface area contributed by atoms with Crippen LogP contribution in [0.25, 0.3) is 0 Å². The van der Waals surface area contributed by atoms with Crippen molar-refractivity contribution in [3.8, 4) is 0 Å². The molecule has 1 aliphatic heterocycles. The predicted octanol–water partition coefficient (Wildman–Crippen LogP) is 2.18. The Morgan fingerprint density at radius 3 is 2.57 bits per heavy atom. The van der Waals surface area contributed by atoms with E-state index in [1.54, 1.807) is 0 Å². The molecule has 0 spiro atoms. The summed E-state index contributed by atoms with van der Waals surface area (Å²) in [5.41, 5.74) is -0.124. The molecule has 1 saturated heterocycles. The molecule has 1 aromatic heterocycles. The van der Waals surface area contributed by atoms with Crippen molar-refractivity contribution in [1.82, 2.24) is 15.0 Å². The second kappa shape index (κ2) is 9.62. The van der Waals surface area contributed by atoms with Gasteiger partial charge in [-0.05, 0) is 58.8 Å². The molecule has 3 N–H and O–H groups in total. The summed E-state index contributed by atoms with van der Waals surface area (Å²) < 4.78 is 11.7. The summed E-state index contributed by atoms with van der Waals surface area (Å²) in [5, 5.41) is 16.9. The van der Waals surface area contributed by atoms with Crippen molar-refractivity contribution in [2.45, 2.75) is 82.6 Å². The second-order valence-corrected chi connectivity index (χ2v) is 9.10. The normalized spacial score (nSPS) is 26.3. The quantitative estimate of drug-likeness (QED) is 0.583. The Hall–Kier alpha value is -1.71. The maximum atomic E-state index is 10.0. The minimum Gasteiger partial charge on any atom is -0.393 e. The van der Waals surface area contributed by atoms with E-state index in [9.17, 15) is 5.11 Å². The van der Waals surface area contributed by atoms with E-state index in [1.165, 1.54) is 6.42 Å². The number of aliphatic hydroxyl groups is 1. The van der Waals surface area contributed by atoms with Gasteiger partial charge < -0.3 is 30.1 Å². The first-order chi connectivity index (χ1) is 14.5. The molecule has 168 valence electrons. The smallest absolute Gasteiger partial charge is 0.232 e. The fraction of sp³-hybridized carbons (Fsp3) is 0.857. The standard InChI is InChI=1S/C21H36N6O3/c1-15(2)30-21(7-4-8-21)14-22-18-24-19(23-16-5-3-6-17(28)13-16)26-20(25-18)27-9-11-29-12-10-27/h15-17,28H,3-14H2,1-2H3,(H2,22,23,24,25,26)/t16-,17+/m1/s1. The third-order valence-corrected chi connectivity index (χ3v) is 6.22. The van der Waals surface area contributed by atoms with Crippen LogP contribution in [0.15, 0.2) is 0 Å². The van der Waals surface area contributed by atoms with Crippen molar-refractivity contribution in [1.29, 1.82) is 0 Å². The number of anilines is 3. The van der Waals surface area contributed by atoms with Gasteiger partial charge in [0.2, 0.25) is 17.8 Å². The van der Waals surface area contributed by atoms with Crippen molar-refractivity contribution in [2.75, 3.05) is 48.4 Å². The number of ether oxygens (including phenoxy) is 2. The van der Waals surface area contributed by atoms with Crippen LogP contribution in [0.2, 0.25) is 0 Å². The highest BCUT2D eigenvalue weighted by Crippen LogP contribution is 2.36. The van der Waals surface area contributed by atoms with Gasteiger partial charge in [0.05, 0.1) is 31.0 Å². The average molecular weight is 421 g/mol. The van der Waals surface area contributed by atoms with Crippen molar-refractivity contribution >= 4 is 17.8 Å². The molecule has 1 aromatic rings. The molecule has 2 aliphatic carbocycles. The van der Waals surface area contributed by atoms with Gasteiger partial charge in [-0.25, -0.2) is 0 Å². The Bertz CT molecular complexity index is 693. The minimum atomic E-state index is -0.249. The van der Waals surface area contributed by atoms with E-state index in [0.717, 1.165) is 51.6 Å². The summed E-state index contributed by atoms with van der Waals surface area (Å²) in [4.78, 5) is 16.2. The van der Waals surface area contributed by atoms with Crippen LogP contribution >= 0.6 is 0 Å². The Morgan fingerprint density at radius 2 is 1.90 bits per heavy atom. The molecule has 3 aliphatic rings. The maximum absolute atomic E-state index is 10.0. The van der Waals surface area contributed by atoms with E-state index in [2.05, 4.69) is 39.3 Å². The van der Waals surface area contributed by atoms with Crippen LogP contribution in [0.3, 0.4) is 0 Å². The summed E-state index contributed by atoms with van der Waals surface area (Å²) in [6.07, 6.45) is 6.90. The van der Waals surface area contributed by atoms with E-state index in [1.807, 2.05) is 0 Å². The van der Waals surface area contributed by atoms with Crippen LogP contribution in [0.4, 0.5) is 17.8 Å². The Kier molecular flexibility index (Phi) is 6.90. The molecular formula is C21H36N6O3. The largest absolute Gasteiger partial charge is 0.393 e. The van der Waals surface area contributed by atoms with Gasteiger partial charge in [-0.3, -0.25) is 0 Å². The Morgan fingerprint density at radius 1 is 1.13 bits per heavy atom. The molecule has 0 unspecified atom stereocenters. The third kappa shape index (κ3) is 5.50. The van der Waals surface area contributed by atoms with Crippen molar-refractivity contribution in [3.05, 3.63) is 0 Å². The molecule has 0 radical (unpaired) electrons. The fourth-order valence-electron chi connectivity index (χ4n) is 4.54. The first-order valence-corrected chi connectivity index (χ1v) is 11.5. The number of nitrogens with one attached hydrogen (secondary N) is 2. The van der Waals surface area contributed by atoms with Gasteiger partial charge >= 0.3 is 0 Å². The fourth-order valence-corrected chi connectivity index (χ4v) is 4.54. The minimum absolute atomic E-state index is 0.124. The Labute approximate surface area is 179 Å². The number of aromatic nitrogens is 3. The van der Waals surface area contributed by atoms with Crippen LogP contribution in [0, 0.1) is 0 Å². The molecule has 0 bridgehead atoms.